The highest BCUT2D eigenvalue weighted by molar-refractivity contribution is 7.99. The Morgan fingerprint density at radius 3 is 2.88 bits per heavy atom. The lowest BCUT2D eigenvalue weighted by Crippen LogP contribution is -2.43. The highest BCUT2D eigenvalue weighted by atomic mass is 32.2. The quantitative estimate of drug-likeness (QED) is 0.437. The number of hydrogen-bond acceptors (Lipinski definition) is 8. The number of aliphatic hydroxyl groups excluding tert-OH is 2. The molecule has 1 aliphatic heterocycles. The van der Waals surface area contributed by atoms with E-state index < -0.39 is 6.10 Å². The fourth-order valence-corrected chi connectivity index (χ4v) is 5.51. The van der Waals surface area contributed by atoms with Gasteiger partial charge in [-0.2, -0.15) is 0 Å². The number of aromatic nitrogens is 3. The Labute approximate surface area is 199 Å². The number of nitrogens with zero attached hydrogens (tertiary/aromatic N) is 4. The van der Waals surface area contributed by atoms with E-state index in [0.717, 1.165) is 65.5 Å². The van der Waals surface area contributed by atoms with Gasteiger partial charge in [0.1, 0.15) is 10.8 Å². The van der Waals surface area contributed by atoms with Gasteiger partial charge in [-0.3, -0.25) is 9.97 Å². The first-order valence-electron chi connectivity index (χ1n) is 11.5. The fraction of sp³-hybridized carbons (Fsp3) is 0.480. The molecule has 0 saturated carbocycles. The smallest absolute Gasteiger partial charge is 0.119 e. The van der Waals surface area contributed by atoms with Gasteiger partial charge in [-0.25, -0.2) is 4.98 Å². The summed E-state index contributed by atoms with van der Waals surface area (Å²) >= 11 is 1.71. The molecule has 0 radical (unpaired) electrons. The van der Waals surface area contributed by atoms with Crippen LogP contribution in [0.25, 0.3) is 10.9 Å². The van der Waals surface area contributed by atoms with Gasteiger partial charge in [0.2, 0.25) is 0 Å². The lowest BCUT2D eigenvalue weighted by atomic mass is 9.81. The molecule has 0 amide bonds. The van der Waals surface area contributed by atoms with Crippen LogP contribution < -0.4 is 4.74 Å². The van der Waals surface area contributed by atoms with Crippen LogP contribution in [0.15, 0.2) is 54.1 Å². The summed E-state index contributed by atoms with van der Waals surface area (Å²) in [5, 5.41) is 22.9. The highest BCUT2D eigenvalue weighted by Crippen LogP contribution is 2.33. The molecule has 176 valence electrons. The Bertz CT molecular complexity index is 1020. The van der Waals surface area contributed by atoms with Crippen molar-refractivity contribution in [1.82, 2.24) is 19.9 Å². The summed E-state index contributed by atoms with van der Waals surface area (Å²) in [7, 11) is 1.64. The number of piperidine rings is 1. The molecule has 1 saturated heterocycles. The third kappa shape index (κ3) is 6.20. The maximum atomic E-state index is 11.0. The number of thioether (sulfide) groups is 1. The summed E-state index contributed by atoms with van der Waals surface area (Å²) in [6, 6.07) is 7.64. The predicted octanol–water partition coefficient (Wildman–Crippen LogP) is 3.57. The number of likely N-dealkylation sites (tertiary alicyclic amines) is 1. The number of aliphatic hydroxyl groups is 2. The highest BCUT2D eigenvalue weighted by Gasteiger charge is 2.29. The predicted molar refractivity (Wildman–Crippen MR) is 130 cm³/mol. The number of fused-ring (bicyclic) bond motifs is 1. The van der Waals surface area contributed by atoms with Crippen molar-refractivity contribution in [3.8, 4) is 5.75 Å². The molecule has 2 N–H and O–H groups in total. The molecule has 1 fully saturated rings. The molecule has 3 atom stereocenters. The first-order chi connectivity index (χ1) is 16.2. The Morgan fingerprint density at radius 1 is 1.18 bits per heavy atom. The van der Waals surface area contributed by atoms with Crippen molar-refractivity contribution in [2.24, 2.45) is 11.8 Å². The van der Waals surface area contributed by atoms with Crippen LogP contribution in [0, 0.1) is 11.8 Å². The monoisotopic (exact) mass is 468 g/mol. The van der Waals surface area contributed by atoms with Crippen molar-refractivity contribution in [2.45, 2.75) is 30.4 Å². The molecule has 0 unspecified atom stereocenters. The van der Waals surface area contributed by atoms with E-state index in [0.29, 0.717) is 12.3 Å². The molecule has 8 heteroatoms. The second-order valence-electron chi connectivity index (χ2n) is 8.56. The van der Waals surface area contributed by atoms with Crippen LogP contribution in [0.4, 0.5) is 0 Å². The Balaban J connectivity index is 1.30. The van der Waals surface area contributed by atoms with Gasteiger partial charge in [0.25, 0.3) is 0 Å². The molecule has 0 spiro atoms. The number of methoxy groups -OCH3 is 1. The number of pyridine rings is 1. The van der Waals surface area contributed by atoms with Crippen molar-refractivity contribution in [3.63, 3.8) is 0 Å². The maximum Gasteiger partial charge on any atom is 0.119 e. The van der Waals surface area contributed by atoms with E-state index in [-0.39, 0.29) is 12.5 Å². The number of benzene rings is 1. The molecular formula is C25H32N4O3S. The van der Waals surface area contributed by atoms with E-state index in [4.69, 9.17) is 4.74 Å². The molecule has 3 heterocycles. The van der Waals surface area contributed by atoms with Crippen molar-refractivity contribution in [3.05, 3.63) is 54.6 Å². The van der Waals surface area contributed by atoms with Gasteiger partial charge < -0.3 is 19.8 Å². The minimum Gasteiger partial charge on any atom is -0.497 e. The number of ether oxygens (including phenoxy) is 1. The zero-order chi connectivity index (χ0) is 23.0. The second kappa shape index (κ2) is 11.7. The molecule has 7 nitrogen and oxygen atoms in total. The van der Waals surface area contributed by atoms with E-state index in [1.165, 1.54) is 0 Å². The lowest BCUT2D eigenvalue weighted by molar-refractivity contribution is 0.0608. The Morgan fingerprint density at radius 2 is 2.09 bits per heavy atom. The van der Waals surface area contributed by atoms with Crippen LogP contribution in [-0.2, 0) is 0 Å². The zero-order valence-electron chi connectivity index (χ0n) is 19.0. The SMILES string of the molecule is COc1ccc2nccc([C@H](O)CC[C@@H]3CCN(CCSc4cnccn4)C[C@@H]3CO)c2c1. The molecule has 4 rings (SSSR count). The summed E-state index contributed by atoms with van der Waals surface area (Å²) in [5.74, 6) is 2.37. The molecular weight excluding hydrogens is 436 g/mol. The van der Waals surface area contributed by atoms with E-state index in [2.05, 4.69) is 19.9 Å². The Kier molecular flexibility index (Phi) is 8.50. The molecule has 3 aromatic rings. The average Bonchev–Trinajstić information content (AvgIpc) is 2.87. The molecule has 2 aromatic heterocycles. The van der Waals surface area contributed by atoms with Gasteiger partial charge in [-0.15, -0.1) is 11.8 Å². The van der Waals surface area contributed by atoms with Gasteiger partial charge in [0.05, 0.1) is 24.9 Å². The van der Waals surface area contributed by atoms with Crippen LogP contribution in [0.1, 0.15) is 30.9 Å². The third-order valence-electron chi connectivity index (χ3n) is 6.56. The third-order valence-corrected chi connectivity index (χ3v) is 7.45. The van der Waals surface area contributed by atoms with Crippen molar-refractivity contribution >= 4 is 22.7 Å². The first kappa shape index (κ1) is 23.9. The zero-order valence-corrected chi connectivity index (χ0v) is 19.8. The van der Waals surface area contributed by atoms with Crippen LogP contribution in [-0.4, -0.2) is 69.2 Å². The fourth-order valence-electron chi connectivity index (χ4n) is 4.68. The first-order valence-corrected chi connectivity index (χ1v) is 12.5. The minimum atomic E-state index is -0.566. The van der Waals surface area contributed by atoms with Gasteiger partial charge in [0, 0.05) is 49.4 Å². The van der Waals surface area contributed by atoms with Crippen LogP contribution >= 0.6 is 11.8 Å². The van der Waals surface area contributed by atoms with E-state index in [1.54, 1.807) is 43.7 Å². The minimum absolute atomic E-state index is 0.184. The summed E-state index contributed by atoms with van der Waals surface area (Å²) in [5.41, 5.74) is 1.74. The standard InChI is InChI=1S/C25H32N4O3S/c1-32-20-3-4-23-22(14-20)21(6-8-27-23)24(31)5-2-18-7-11-29(16-19(18)17-30)12-13-33-25-15-26-9-10-28-25/h3-4,6,8-10,14-15,18-19,24,30-31H,2,5,7,11-13,16-17H2,1H3/t18-,19-,24-/m1/s1. The summed E-state index contributed by atoms with van der Waals surface area (Å²) < 4.78 is 5.35. The second-order valence-corrected chi connectivity index (χ2v) is 9.68. The van der Waals surface area contributed by atoms with Crippen LogP contribution in [0.3, 0.4) is 0 Å². The molecule has 1 aliphatic rings. The summed E-state index contributed by atoms with van der Waals surface area (Å²) in [6.45, 7) is 3.07. The molecule has 0 aliphatic carbocycles. The van der Waals surface area contributed by atoms with Crippen molar-refractivity contribution < 1.29 is 14.9 Å². The van der Waals surface area contributed by atoms with Gasteiger partial charge in [-0.05, 0) is 67.5 Å². The normalized spacial score (nSPS) is 20.1. The van der Waals surface area contributed by atoms with Crippen molar-refractivity contribution in [2.75, 3.05) is 39.1 Å². The lowest BCUT2D eigenvalue weighted by Gasteiger charge is -2.38. The summed E-state index contributed by atoms with van der Waals surface area (Å²) in [4.78, 5) is 15.3. The maximum absolute atomic E-state index is 11.0. The molecule has 33 heavy (non-hydrogen) atoms. The van der Waals surface area contributed by atoms with Gasteiger partial charge in [0.15, 0.2) is 0 Å². The van der Waals surface area contributed by atoms with Gasteiger partial charge in [-0.1, -0.05) is 0 Å². The van der Waals surface area contributed by atoms with E-state index in [9.17, 15) is 10.2 Å². The Hall–Kier alpha value is -2.26. The van der Waals surface area contributed by atoms with E-state index >= 15 is 0 Å². The van der Waals surface area contributed by atoms with Crippen molar-refractivity contribution in [1.29, 1.82) is 0 Å². The number of hydrogen-bond donors (Lipinski definition) is 2. The molecule has 0 bridgehead atoms. The molecule has 1 aromatic carbocycles. The van der Waals surface area contributed by atoms with Gasteiger partial charge >= 0.3 is 0 Å². The number of rotatable bonds is 10. The average molecular weight is 469 g/mol. The summed E-state index contributed by atoms with van der Waals surface area (Å²) in [6.07, 6.45) is 8.98. The van der Waals surface area contributed by atoms with Crippen LogP contribution in [0.2, 0.25) is 0 Å². The topological polar surface area (TPSA) is 91.6 Å². The van der Waals surface area contributed by atoms with Crippen LogP contribution in [0.5, 0.6) is 5.75 Å². The van der Waals surface area contributed by atoms with E-state index in [1.807, 2.05) is 24.3 Å². The largest absolute Gasteiger partial charge is 0.497 e.